The summed E-state index contributed by atoms with van der Waals surface area (Å²) in [6, 6.07) is 1.31. The molecule has 0 unspecified atom stereocenters. The van der Waals surface area contributed by atoms with Gasteiger partial charge in [0.2, 0.25) is 0 Å². The Morgan fingerprint density at radius 2 is 1.74 bits per heavy atom. The number of hydrogen-bond donors (Lipinski definition) is 2. The van der Waals surface area contributed by atoms with Gasteiger partial charge in [-0.25, -0.2) is 9.97 Å². The Morgan fingerprint density at radius 1 is 1.16 bits per heavy atom. The summed E-state index contributed by atoms with van der Waals surface area (Å²) in [5, 5.41) is 29.5. The molecule has 1 heterocycles. The predicted octanol–water partition coefficient (Wildman–Crippen LogP) is 1.19. The first-order valence-electron chi connectivity index (χ1n) is 4.89. The van der Waals surface area contributed by atoms with Crippen LogP contribution >= 0.6 is 23.2 Å². The molecular formula is C10H3Cl2N3O4. The second-order valence-electron chi connectivity index (χ2n) is 3.76. The molecule has 96 valence electrons. The molecule has 9 heteroatoms. The van der Waals surface area contributed by atoms with Gasteiger partial charge >= 0.3 is 5.69 Å². The SMILES string of the molecule is O=[N+]([O-])c1c(Cl)c(Cl)cc2nc3c(nc12)=C(O)C=3O. The van der Waals surface area contributed by atoms with Crippen molar-refractivity contribution < 1.29 is 15.1 Å². The molecule has 1 aliphatic rings. The van der Waals surface area contributed by atoms with Crippen LogP contribution < -0.4 is 10.7 Å². The van der Waals surface area contributed by atoms with Gasteiger partial charge in [-0.2, -0.15) is 0 Å². The van der Waals surface area contributed by atoms with Crippen LogP contribution in [0.2, 0.25) is 10.0 Å². The largest absolute Gasteiger partial charge is 0.503 e. The molecule has 1 aromatic carbocycles. The van der Waals surface area contributed by atoms with Crippen LogP contribution in [0.1, 0.15) is 0 Å². The summed E-state index contributed by atoms with van der Waals surface area (Å²) < 4.78 is 0. The summed E-state index contributed by atoms with van der Waals surface area (Å²) in [6.45, 7) is 0. The molecule has 3 rings (SSSR count). The van der Waals surface area contributed by atoms with Gasteiger partial charge in [0.1, 0.15) is 15.7 Å². The Bertz CT molecular complexity index is 894. The lowest BCUT2D eigenvalue weighted by atomic mass is 10.2. The number of nitrogens with zero attached hydrogens (tertiary/aromatic N) is 3. The van der Waals surface area contributed by atoms with Crippen molar-refractivity contribution in [3.63, 3.8) is 0 Å². The summed E-state index contributed by atoms with van der Waals surface area (Å²) >= 11 is 11.6. The lowest BCUT2D eigenvalue weighted by molar-refractivity contribution is -0.383. The van der Waals surface area contributed by atoms with Gasteiger partial charge in [-0.1, -0.05) is 23.2 Å². The van der Waals surface area contributed by atoms with Crippen molar-refractivity contribution in [2.75, 3.05) is 0 Å². The van der Waals surface area contributed by atoms with Crippen molar-refractivity contribution in [2.45, 2.75) is 0 Å². The van der Waals surface area contributed by atoms with E-state index in [1.54, 1.807) is 0 Å². The lowest BCUT2D eigenvalue weighted by Crippen LogP contribution is -2.43. The van der Waals surface area contributed by atoms with Crippen molar-refractivity contribution in [3.05, 3.63) is 36.9 Å². The van der Waals surface area contributed by atoms with E-state index in [1.165, 1.54) is 6.07 Å². The maximum Gasteiger partial charge on any atom is 0.317 e. The van der Waals surface area contributed by atoms with Crippen molar-refractivity contribution in [2.24, 2.45) is 0 Å². The molecule has 19 heavy (non-hydrogen) atoms. The van der Waals surface area contributed by atoms with E-state index in [0.29, 0.717) is 0 Å². The predicted molar refractivity (Wildman–Crippen MR) is 67.5 cm³/mol. The topological polar surface area (TPSA) is 109 Å². The van der Waals surface area contributed by atoms with E-state index in [9.17, 15) is 20.3 Å². The Balaban J connectivity index is 2.56. The van der Waals surface area contributed by atoms with Gasteiger partial charge in [0, 0.05) is 0 Å². The van der Waals surface area contributed by atoms with E-state index in [1.807, 2.05) is 0 Å². The highest BCUT2D eigenvalue weighted by molar-refractivity contribution is 6.44. The Labute approximate surface area is 114 Å². The first-order chi connectivity index (χ1) is 8.91. The molecule has 0 atom stereocenters. The third-order valence-corrected chi connectivity index (χ3v) is 3.46. The third-order valence-electron chi connectivity index (χ3n) is 2.68. The number of halogens is 2. The second-order valence-corrected chi connectivity index (χ2v) is 4.55. The zero-order valence-electron chi connectivity index (χ0n) is 8.89. The Morgan fingerprint density at radius 3 is 2.32 bits per heavy atom. The van der Waals surface area contributed by atoms with E-state index in [4.69, 9.17) is 23.2 Å². The number of rotatable bonds is 1. The average Bonchev–Trinajstić information content (AvgIpc) is 2.37. The van der Waals surface area contributed by atoms with Crippen LogP contribution in [-0.2, 0) is 0 Å². The molecule has 2 aromatic rings. The molecule has 0 radical (unpaired) electrons. The van der Waals surface area contributed by atoms with E-state index in [0.717, 1.165) is 0 Å². The summed E-state index contributed by atoms with van der Waals surface area (Å²) in [5.41, 5.74) is -0.477. The number of aliphatic hydroxyl groups excluding tert-OH is 2. The normalized spacial score (nSPS) is 13.4. The van der Waals surface area contributed by atoms with Gasteiger partial charge in [0.25, 0.3) is 0 Å². The fraction of sp³-hybridized carbons (Fsp3) is 0. The van der Waals surface area contributed by atoms with Crippen LogP contribution in [-0.4, -0.2) is 25.1 Å². The maximum atomic E-state index is 11.0. The quantitative estimate of drug-likeness (QED) is 0.604. The maximum absolute atomic E-state index is 11.0. The van der Waals surface area contributed by atoms with Crippen molar-refractivity contribution in [1.29, 1.82) is 0 Å². The molecule has 0 amide bonds. The number of aliphatic hydroxyl groups is 2. The molecule has 0 spiro atoms. The van der Waals surface area contributed by atoms with Gasteiger partial charge in [0.05, 0.1) is 15.5 Å². The van der Waals surface area contributed by atoms with E-state index in [-0.39, 0.29) is 31.8 Å². The Kier molecular flexibility index (Phi) is 2.32. The highest BCUT2D eigenvalue weighted by Gasteiger charge is 2.26. The van der Waals surface area contributed by atoms with E-state index < -0.39 is 22.1 Å². The van der Waals surface area contributed by atoms with E-state index >= 15 is 0 Å². The molecule has 2 N–H and O–H groups in total. The van der Waals surface area contributed by atoms with E-state index in [2.05, 4.69) is 9.97 Å². The molecular weight excluding hydrogens is 297 g/mol. The average molecular weight is 300 g/mol. The standard InChI is InChI=1S/C10H3Cl2N3O4/c11-2-1-3-5(8(4(2)12)15(18)19)14-7-6(13-3)9(16)10(7)17/h1,16-17H. The molecule has 0 saturated carbocycles. The van der Waals surface area contributed by atoms with Gasteiger partial charge in [-0.05, 0) is 6.07 Å². The summed E-state index contributed by atoms with van der Waals surface area (Å²) in [6.07, 6.45) is 0. The minimum atomic E-state index is -0.725. The summed E-state index contributed by atoms with van der Waals surface area (Å²) in [7, 11) is 0. The lowest BCUT2D eigenvalue weighted by Gasteiger charge is -2.09. The zero-order chi connectivity index (χ0) is 13.9. The summed E-state index contributed by atoms with van der Waals surface area (Å²) in [4.78, 5) is 18.2. The molecule has 0 fully saturated rings. The van der Waals surface area contributed by atoms with Crippen LogP contribution in [0.5, 0.6) is 0 Å². The van der Waals surface area contributed by atoms with Crippen LogP contribution in [0, 0.1) is 10.1 Å². The monoisotopic (exact) mass is 299 g/mol. The van der Waals surface area contributed by atoms with Crippen LogP contribution in [0.15, 0.2) is 6.07 Å². The number of nitro groups is 1. The Hall–Kier alpha value is -2.12. The fourth-order valence-corrected chi connectivity index (χ4v) is 2.19. The smallest absolute Gasteiger partial charge is 0.317 e. The first-order valence-corrected chi connectivity index (χ1v) is 5.64. The number of hydrogen-bond acceptors (Lipinski definition) is 6. The van der Waals surface area contributed by atoms with Gasteiger partial charge in [-0.3, -0.25) is 10.1 Å². The van der Waals surface area contributed by atoms with Crippen LogP contribution in [0.4, 0.5) is 5.69 Å². The van der Waals surface area contributed by atoms with Crippen molar-refractivity contribution in [1.82, 2.24) is 9.97 Å². The fourth-order valence-electron chi connectivity index (χ4n) is 1.78. The van der Waals surface area contributed by atoms with Crippen LogP contribution in [0.25, 0.3) is 22.6 Å². The molecule has 0 saturated heterocycles. The third kappa shape index (κ3) is 1.45. The number of aromatic nitrogens is 2. The van der Waals surface area contributed by atoms with Gasteiger partial charge in [-0.15, -0.1) is 0 Å². The number of nitro benzene ring substituents is 1. The zero-order valence-corrected chi connectivity index (χ0v) is 10.4. The molecule has 1 aliphatic carbocycles. The molecule has 0 aliphatic heterocycles. The molecule has 1 aromatic heterocycles. The van der Waals surface area contributed by atoms with Gasteiger partial charge < -0.3 is 10.2 Å². The van der Waals surface area contributed by atoms with Crippen molar-refractivity contribution in [3.8, 4) is 0 Å². The number of fused-ring (bicyclic) bond motifs is 2. The highest BCUT2D eigenvalue weighted by Crippen LogP contribution is 2.36. The highest BCUT2D eigenvalue weighted by atomic mass is 35.5. The van der Waals surface area contributed by atoms with Crippen LogP contribution in [0.3, 0.4) is 0 Å². The minimum Gasteiger partial charge on any atom is -0.503 e. The summed E-state index contributed by atoms with van der Waals surface area (Å²) in [5.74, 6) is -0.858. The minimum absolute atomic E-state index is 0.00788. The molecule has 7 nitrogen and oxygen atoms in total. The molecule has 0 bridgehead atoms. The first kappa shape index (κ1) is 11.9. The second kappa shape index (κ2) is 3.69. The van der Waals surface area contributed by atoms with Crippen molar-refractivity contribution >= 4 is 51.4 Å². The number of benzene rings is 1. The van der Waals surface area contributed by atoms with Gasteiger partial charge in [0.15, 0.2) is 17.0 Å².